The van der Waals surface area contributed by atoms with Gasteiger partial charge in [0.05, 0.1) is 7.11 Å². The lowest BCUT2D eigenvalue weighted by Crippen LogP contribution is -2.20. The third kappa shape index (κ3) is 2.00. The maximum atomic E-state index is 12.6. The Hall–Kier alpha value is -3.15. The van der Waals surface area contributed by atoms with Crippen LogP contribution in [0.1, 0.15) is 23.1 Å². The molecule has 1 N–H and O–H groups in total. The second-order valence-electron chi connectivity index (χ2n) is 6.07. The monoisotopic (exact) mass is 337 g/mol. The van der Waals surface area contributed by atoms with Crippen molar-refractivity contribution in [2.75, 3.05) is 13.9 Å². The minimum atomic E-state index is -0.542. The maximum absolute atomic E-state index is 12.6. The fourth-order valence-electron chi connectivity index (χ4n) is 3.64. The summed E-state index contributed by atoms with van der Waals surface area (Å²) in [5, 5.41) is 0.969. The number of benzene rings is 2. The molecule has 0 spiro atoms. The topological polar surface area (TPSA) is 69.8 Å². The zero-order valence-electron chi connectivity index (χ0n) is 13.4. The van der Waals surface area contributed by atoms with E-state index in [0.29, 0.717) is 17.2 Å². The average Bonchev–Trinajstić information content (AvgIpc) is 3.35. The quantitative estimate of drug-likeness (QED) is 0.727. The van der Waals surface area contributed by atoms with Gasteiger partial charge in [-0.3, -0.25) is 4.79 Å². The number of methoxy groups -OCH3 is 1. The number of aromatic nitrogens is 1. The molecule has 0 saturated heterocycles. The molecule has 0 radical (unpaired) electrons. The second-order valence-corrected chi connectivity index (χ2v) is 6.07. The van der Waals surface area contributed by atoms with Crippen LogP contribution in [0.4, 0.5) is 0 Å². The molecule has 0 fully saturated rings. The number of esters is 1. The number of fused-ring (bicyclic) bond motifs is 4. The molecule has 6 nitrogen and oxygen atoms in total. The Labute approximate surface area is 143 Å². The fourth-order valence-corrected chi connectivity index (χ4v) is 3.64. The highest BCUT2D eigenvalue weighted by atomic mass is 16.7. The number of carbonyl (C=O) groups is 1. The first-order valence-electron chi connectivity index (χ1n) is 8.00. The number of aromatic amines is 1. The summed E-state index contributed by atoms with van der Waals surface area (Å²) in [7, 11) is 1.40. The lowest BCUT2D eigenvalue weighted by molar-refractivity contribution is -0.144. The van der Waals surface area contributed by atoms with E-state index in [0.717, 1.165) is 22.0 Å². The van der Waals surface area contributed by atoms with Gasteiger partial charge in [-0.15, -0.1) is 0 Å². The Bertz CT molecular complexity index is 993. The van der Waals surface area contributed by atoms with E-state index in [1.165, 1.54) is 7.11 Å². The van der Waals surface area contributed by atoms with Crippen LogP contribution in [-0.4, -0.2) is 24.9 Å². The summed E-state index contributed by atoms with van der Waals surface area (Å²) in [5.41, 5.74) is 2.66. The number of H-pyrrole nitrogens is 1. The molecule has 0 aliphatic carbocycles. The van der Waals surface area contributed by atoms with E-state index in [-0.39, 0.29) is 12.8 Å². The van der Waals surface area contributed by atoms with E-state index in [2.05, 4.69) is 4.98 Å². The van der Waals surface area contributed by atoms with Gasteiger partial charge in [0.15, 0.2) is 11.5 Å². The van der Waals surface area contributed by atoms with Crippen LogP contribution < -0.4 is 14.2 Å². The second kappa shape index (κ2) is 5.17. The van der Waals surface area contributed by atoms with Gasteiger partial charge in [0.2, 0.25) is 6.79 Å². The molecule has 2 aliphatic rings. The van der Waals surface area contributed by atoms with Gasteiger partial charge in [-0.2, -0.15) is 0 Å². The molecule has 2 unspecified atom stereocenters. The van der Waals surface area contributed by atoms with Gasteiger partial charge in [-0.25, -0.2) is 0 Å². The third-order valence-corrected chi connectivity index (χ3v) is 4.78. The zero-order chi connectivity index (χ0) is 17.0. The number of hydrogen-bond acceptors (Lipinski definition) is 5. The van der Waals surface area contributed by atoms with Crippen molar-refractivity contribution < 1.29 is 23.7 Å². The van der Waals surface area contributed by atoms with E-state index >= 15 is 0 Å². The molecule has 3 heterocycles. The summed E-state index contributed by atoms with van der Waals surface area (Å²) in [4.78, 5) is 15.8. The largest absolute Gasteiger partial charge is 0.484 e. The first kappa shape index (κ1) is 14.2. The van der Waals surface area contributed by atoms with E-state index in [1.54, 1.807) is 0 Å². The Morgan fingerprint density at radius 1 is 1.12 bits per heavy atom. The maximum Gasteiger partial charge on any atom is 0.317 e. The smallest absolute Gasteiger partial charge is 0.317 e. The van der Waals surface area contributed by atoms with Crippen LogP contribution in [0.3, 0.4) is 0 Å². The van der Waals surface area contributed by atoms with Crippen molar-refractivity contribution in [3.05, 3.63) is 53.7 Å². The summed E-state index contributed by atoms with van der Waals surface area (Å²) >= 11 is 0. The normalized spacial score (nSPS) is 20.4. The number of carbonyl (C=O) groups excluding carboxylic acids is 1. The van der Waals surface area contributed by atoms with Gasteiger partial charge < -0.3 is 23.9 Å². The molecular weight excluding hydrogens is 322 g/mol. The van der Waals surface area contributed by atoms with Crippen molar-refractivity contribution in [3.8, 4) is 17.2 Å². The number of ether oxygens (including phenoxy) is 4. The Kier molecular flexibility index (Phi) is 2.94. The predicted molar refractivity (Wildman–Crippen MR) is 89.0 cm³/mol. The van der Waals surface area contributed by atoms with Crippen molar-refractivity contribution in [2.24, 2.45) is 0 Å². The van der Waals surface area contributed by atoms with Crippen LogP contribution >= 0.6 is 0 Å². The zero-order valence-corrected chi connectivity index (χ0v) is 13.4. The van der Waals surface area contributed by atoms with E-state index in [9.17, 15) is 4.79 Å². The van der Waals surface area contributed by atoms with Crippen molar-refractivity contribution in [1.29, 1.82) is 0 Å². The van der Waals surface area contributed by atoms with Crippen LogP contribution in [0.2, 0.25) is 0 Å². The molecule has 0 bridgehead atoms. The molecule has 0 saturated carbocycles. The van der Waals surface area contributed by atoms with Gasteiger partial charge in [-0.05, 0) is 35.9 Å². The van der Waals surface area contributed by atoms with Gasteiger partial charge in [0.25, 0.3) is 0 Å². The molecule has 2 aliphatic heterocycles. The highest BCUT2D eigenvalue weighted by Crippen LogP contribution is 2.50. The van der Waals surface area contributed by atoms with Gasteiger partial charge in [0, 0.05) is 22.7 Å². The molecule has 5 rings (SSSR count). The first-order valence-corrected chi connectivity index (χ1v) is 8.00. The van der Waals surface area contributed by atoms with Gasteiger partial charge >= 0.3 is 5.97 Å². The number of rotatable bonds is 2. The van der Waals surface area contributed by atoms with Crippen molar-refractivity contribution in [3.63, 3.8) is 0 Å². The number of nitrogens with one attached hydrogen (secondary N) is 1. The fraction of sp³-hybridized carbons (Fsp3) is 0.211. The van der Waals surface area contributed by atoms with Gasteiger partial charge in [-0.1, -0.05) is 6.07 Å². The van der Waals surface area contributed by atoms with Crippen molar-refractivity contribution in [2.45, 2.75) is 12.0 Å². The Balaban J connectivity index is 1.66. The average molecular weight is 337 g/mol. The van der Waals surface area contributed by atoms with Crippen LogP contribution in [0.25, 0.3) is 10.9 Å². The standard InChI is InChI=1S/C19H15NO5/c1-22-19(21)17-16-11-6-7-20-12(11)3-5-14(16)25-18(17)10-2-4-13-15(8-10)24-9-23-13/h2-8,17-18,20H,9H2,1H3. The molecule has 0 amide bonds. The van der Waals surface area contributed by atoms with Crippen LogP contribution in [-0.2, 0) is 9.53 Å². The predicted octanol–water partition coefficient (Wildman–Crippen LogP) is 3.29. The van der Waals surface area contributed by atoms with E-state index < -0.39 is 12.0 Å². The molecule has 6 heteroatoms. The molecule has 1 aromatic heterocycles. The summed E-state index contributed by atoms with van der Waals surface area (Å²) in [6.45, 7) is 0.203. The van der Waals surface area contributed by atoms with Crippen molar-refractivity contribution in [1.82, 2.24) is 4.98 Å². The molecule has 25 heavy (non-hydrogen) atoms. The molecule has 2 atom stereocenters. The summed E-state index contributed by atoms with van der Waals surface area (Å²) in [6, 6.07) is 11.4. The van der Waals surface area contributed by atoms with Crippen LogP contribution in [0, 0.1) is 0 Å². The van der Waals surface area contributed by atoms with Crippen molar-refractivity contribution >= 4 is 16.9 Å². The summed E-state index contributed by atoms with van der Waals surface area (Å²) in [5.74, 6) is 1.19. The third-order valence-electron chi connectivity index (χ3n) is 4.78. The minimum absolute atomic E-state index is 0.203. The van der Waals surface area contributed by atoms with Crippen LogP contribution in [0.15, 0.2) is 42.6 Å². The SMILES string of the molecule is COC(=O)C1c2c(ccc3[nH]ccc23)OC1c1ccc2c(c1)OCO2. The van der Waals surface area contributed by atoms with Crippen LogP contribution in [0.5, 0.6) is 17.2 Å². The summed E-state index contributed by atoms with van der Waals surface area (Å²) < 4.78 is 22.0. The Morgan fingerprint density at radius 3 is 2.84 bits per heavy atom. The highest BCUT2D eigenvalue weighted by molar-refractivity contribution is 5.93. The number of hydrogen-bond donors (Lipinski definition) is 1. The molecule has 2 aromatic carbocycles. The Morgan fingerprint density at radius 2 is 1.96 bits per heavy atom. The summed E-state index contributed by atoms with van der Waals surface area (Å²) in [6.07, 6.45) is 1.38. The van der Waals surface area contributed by atoms with Gasteiger partial charge in [0.1, 0.15) is 17.8 Å². The molecular formula is C19H15NO5. The highest BCUT2D eigenvalue weighted by Gasteiger charge is 2.43. The lowest BCUT2D eigenvalue weighted by atomic mass is 9.89. The minimum Gasteiger partial charge on any atom is -0.484 e. The van der Waals surface area contributed by atoms with E-state index in [1.807, 2.05) is 42.6 Å². The lowest BCUT2D eigenvalue weighted by Gasteiger charge is -2.18. The molecule has 3 aromatic rings. The first-order chi connectivity index (χ1) is 12.3. The van der Waals surface area contributed by atoms with E-state index in [4.69, 9.17) is 18.9 Å². The molecule has 126 valence electrons.